The minimum absolute atomic E-state index is 0.0645. The molecule has 0 bridgehead atoms. The third-order valence-corrected chi connectivity index (χ3v) is 9.15. The van der Waals surface area contributed by atoms with Crippen LogP contribution in [0, 0.1) is 17.1 Å². The summed E-state index contributed by atoms with van der Waals surface area (Å²) in [5.41, 5.74) is 9.35. The number of rotatable bonds is 10. The van der Waals surface area contributed by atoms with Crippen LogP contribution in [-0.2, 0) is 4.79 Å². The summed E-state index contributed by atoms with van der Waals surface area (Å²) >= 11 is 12.8. The van der Waals surface area contributed by atoms with Crippen molar-refractivity contribution in [2.45, 2.75) is 58.2 Å². The minimum atomic E-state index is -0.560. The predicted octanol–water partition coefficient (Wildman–Crippen LogP) is 8.02. The number of aromatic nitrogens is 4. The van der Waals surface area contributed by atoms with Crippen molar-refractivity contribution in [3.8, 4) is 6.07 Å². The van der Waals surface area contributed by atoms with E-state index in [-0.39, 0.29) is 22.2 Å². The first-order valence-electron chi connectivity index (χ1n) is 15.8. The van der Waals surface area contributed by atoms with E-state index in [0.717, 1.165) is 25.9 Å². The molecule has 1 saturated heterocycles. The second kappa shape index (κ2) is 14.8. The van der Waals surface area contributed by atoms with Gasteiger partial charge in [-0.3, -0.25) is 14.7 Å². The SMILES string of the molecule is C=C(/C=C\C=C(/C)C(N)=O)[C@H](Nc1cc(Cl)c2ncc(C#N)c(Nc3ccc(F)c(Cl)c3)c2c1)c1cn(C2CCN(C(C)(C)C)CC2)nn1. The van der Waals surface area contributed by atoms with Gasteiger partial charge in [0.25, 0.3) is 0 Å². The number of halogens is 3. The molecule has 0 spiro atoms. The summed E-state index contributed by atoms with van der Waals surface area (Å²) in [6.07, 6.45) is 10.3. The van der Waals surface area contributed by atoms with Crippen LogP contribution in [0.3, 0.4) is 0 Å². The van der Waals surface area contributed by atoms with E-state index >= 15 is 0 Å². The molecule has 4 N–H and O–H groups in total. The van der Waals surface area contributed by atoms with Gasteiger partial charge >= 0.3 is 0 Å². The Balaban J connectivity index is 1.51. The number of carbonyl (C=O) groups is 1. The molecule has 49 heavy (non-hydrogen) atoms. The molecule has 5 rings (SSSR count). The number of nitrogens with zero attached hydrogens (tertiary/aromatic N) is 6. The summed E-state index contributed by atoms with van der Waals surface area (Å²) in [7, 11) is 0. The smallest absolute Gasteiger partial charge is 0.244 e. The van der Waals surface area contributed by atoms with Crippen LogP contribution in [0.5, 0.6) is 0 Å². The van der Waals surface area contributed by atoms with Crippen LogP contribution < -0.4 is 16.4 Å². The number of nitriles is 1. The zero-order chi connectivity index (χ0) is 35.5. The first-order valence-corrected chi connectivity index (χ1v) is 16.5. The zero-order valence-corrected chi connectivity index (χ0v) is 29.3. The van der Waals surface area contributed by atoms with Crippen molar-refractivity contribution in [2.75, 3.05) is 23.7 Å². The highest BCUT2D eigenvalue weighted by molar-refractivity contribution is 6.36. The van der Waals surface area contributed by atoms with Gasteiger partial charge < -0.3 is 16.4 Å². The Labute approximate surface area is 295 Å². The number of pyridine rings is 1. The van der Waals surface area contributed by atoms with Gasteiger partial charge in [-0.2, -0.15) is 5.26 Å². The maximum Gasteiger partial charge on any atom is 0.244 e. The van der Waals surface area contributed by atoms with Crippen LogP contribution in [-0.4, -0.2) is 49.4 Å². The molecule has 1 amide bonds. The van der Waals surface area contributed by atoms with E-state index in [1.54, 1.807) is 31.2 Å². The summed E-state index contributed by atoms with van der Waals surface area (Å²) < 4.78 is 15.8. The van der Waals surface area contributed by atoms with E-state index in [4.69, 9.17) is 28.9 Å². The fraction of sp³-hybridized carbons (Fsp3) is 0.306. The Morgan fingerprint density at radius 2 is 1.90 bits per heavy atom. The second-order valence-electron chi connectivity index (χ2n) is 13.0. The molecule has 0 saturated carbocycles. The van der Waals surface area contributed by atoms with E-state index in [2.05, 4.69) is 64.2 Å². The van der Waals surface area contributed by atoms with E-state index in [9.17, 15) is 14.4 Å². The molecular formula is C36H38Cl2FN9O. The molecular weight excluding hydrogens is 664 g/mol. The van der Waals surface area contributed by atoms with Gasteiger partial charge in [0.15, 0.2) is 0 Å². The van der Waals surface area contributed by atoms with Crippen molar-refractivity contribution < 1.29 is 9.18 Å². The summed E-state index contributed by atoms with van der Waals surface area (Å²) in [5.74, 6) is -1.08. The van der Waals surface area contributed by atoms with Crippen LogP contribution in [0.4, 0.5) is 21.5 Å². The van der Waals surface area contributed by atoms with Crippen molar-refractivity contribution in [3.05, 3.63) is 106 Å². The molecule has 1 aliphatic heterocycles. The number of hydrogen-bond donors (Lipinski definition) is 3. The van der Waals surface area contributed by atoms with Crippen LogP contribution in [0.1, 0.15) is 63.9 Å². The molecule has 2 aromatic heterocycles. The van der Waals surface area contributed by atoms with Crippen molar-refractivity contribution >= 4 is 57.1 Å². The van der Waals surface area contributed by atoms with Crippen molar-refractivity contribution in [1.82, 2.24) is 24.9 Å². The molecule has 0 unspecified atom stereocenters. The standard InChI is InChI=1S/C36H38Cl2FN9O/c1-21(7-6-8-22(2)35(41)49)32(31-20-48(46-45-31)26-11-13-47(14-12-26)36(3,4)5)44-25-15-27-33(43-24-9-10-30(39)28(37)16-24)23(18-40)19-42-34(27)29(38)17-25/h6-10,15-17,19-20,26,32,44H,1,11-14H2,2-5H3,(H2,41,49)(H,42,43)/b7-6-,22-8+/t32-/m0/s1. The van der Waals surface area contributed by atoms with E-state index in [1.165, 1.54) is 24.4 Å². The number of benzene rings is 2. The number of allylic oxidation sites excluding steroid dienone is 2. The number of piperidine rings is 1. The lowest BCUT2D eigenvalue weighted by molar-refractivity contribution is -0.114. The fourth-order valence-electron chi connectivity index (χ4n) is 5.70. The van der Waals surface area contributed by atoms with Crippen LogP contribution in [0.15, 0.2) is 78.7 Å². The van der Waals surface area contributed by atoms with Gasteiger partial charge in [0.1, 0.15) is 17.6 Å². The highest BCUT2D eigenvalue weighted by atomic mass is 35.5. The lowest BCUT2D eigenvalue weighted by atomic mass is 9.98. The molecule has 1 atom stereocenters. The summed E-state index contributed by atoms with van der Waals surface area (Å²) in [5, 5.41) is 26.5. The largest absolute Gasteiger partial charge is 0.373 e. The Kier molecular flexibility index (Phi) is 10.7. The van der Waals surface area contributed by atoms with Gasteiger partial charge in [-0.05, 0) is 76.4 Å². The lowest BCUT2D eigenvalue weighted by Gasteiger charge is -2.40. The van der Waals surface area contributed by atoms with Crippen LogP contribution in [0.2, 0.25) is 10.0 Å². The molecule has 2 aromatic carbocycles. The van der Waals surface area contributed by atoms with E-state index < -0.39 is 17.8 Å². The quantitative estimate of drug-likeness (QED) is 0.112. The molecule has 0 radical (unpaired) electrons. The lowest BCUT2D eigenvalue weighted by Crippen LogP contribution is -2.46. The molecule has 3 heterocycles. The van der Waals surface area contributed by atoms with Gasteiger partial charge in [0.05, 0.1) is 45.1 Å². The molecule has 0 aliphatic carbocycles. The van der Waals surface area contributed by atoms with Gasteiger partial charge in [-0.25, -0.2) is 9.07 Å². The van der Waals surface area contributed by atoms with Crippen LogP contribution >= 0.6 is 23.2 Å². The first-order chi connectivity index (χ1) is 23.2. The van der Waals surface area contributed by atoms with Gasteiger partial charge in [0.2, 0.25) is 5.91 Å². The van der Waals surface area contributed by atoms with E-state index in [0.29, 0.717) is 49.8 Å². The highest BCUT2D eigenvalue weighted by Crippen LogP contribution is 2.37. The monoisotopic (exact) mass is 701 g/mol. The second-order valence-corrected chi connectivity index (χ2v) is 13.8. The number of carbonyl (C=O) groups excluding carboxylic acids is 1. The summed E-state index contributed by atoms with van der Waals surface area (Å²) in [6, 6.07) is 9.55. The Morgan fingerprint density at radius 3 is 2.55 bits per heavy atom. The number of fused-ring (bicyclic) bond motifs is 1. The van der Waals surface area contributed by atoms with Crippen molar-refractivity contribution in [2.24, 2.45) is 5.73 Å². The Bertz CT molecular complexity index is 2000. The van der Waals surface area contributed by atoms with Gasteiger partial charge in [-0.15, -0.1) is 5.10 Å². The number of anilines is 3. The topological polar surface area (TPSA) is 138 Å². The number of likely N-dealkylation sites (tertiary alicyclic amines) is 1. The molecule has 1 fully saturated rings. The zero-order valence-electron chi connectivity index (χ0n) is 27.8. The van der Waals surface area contributed by atoms with Gasteiger partial charge in [-0.1, -0.05) is 53.2 Å². The number of hydrogen-bond acceptors (Lipinski definition) is 8. The number of amides is 1. The maximum atomic E-state index is 13.9. The third-order valence-electron chi connectivity index (χ3n) is 8.57. The average molecular weight is 703 g/mol. The number of nitrogens with one attached hydrogen (secondary N) is 2. The average Bonchev–Trinajstić information content (AvgIpc) is 3.55. The fourth-order valence-corrected chi connectivity index (χ4v) is 6.15. The van der Waals surface area contributed by atoms with E-state index in [1.807, 2.05) is 16.9 Å². The normalized spacial score (nSPS) is 15.3. The highest BCUT2D eigenvalue weighted by Gasteiger charge is 2.29. The first kappa shape index (κ1) is 35.5. The molecule has 10 nitrogen and oxygen atoms in total. The summed E-state index contributed by atoms with van der Waals surface area (Å²) in [6.45, 7) is 14.5. The van der Waals surface area contributed by atoms with Gasteiger partial charge in [0, 0.05) is 47.2 Å². The molecule has 254 valence electrons. The Morgan fingerprint density at radius 1 is 1.18 bits per heavy atom. The third kappa shape index (κ3) is 8.28. The minimum Gasteiger partial charge on any atom is -0.373 e. The van der Waals surface area contributed by atoms with Crippen molar-refractivity contribution in [3.63, 3.8) is 0 Å². The molecule has 13 heteroatoms. The number of nitrogens with two attached hydrogens (primary N) is 1. The van der Waals surface area contributed by atoms with Crippen LogP contribution in [0.25, 0.3) is 10.9 Å². The summed E-state index contributed by atoms with van der Waals surface area (Å²) in [4.78, 5) is 18.5. The molecule has 1 aliphatic rings. The van der Waals surface area contributed by atoms with Crippen molar-refractivity contribution in [1.29, 1.82) is 5.26 Å². The molecule has 4 aromatic rings. The number of primary amides is 1. The Hall–Kier alpha value is -4.76. The predicted molar refractivity (Wildman–Crippen MR) is 193 cm³/mol. The maximum absolute atomic E-state index is 13.9.